The Morgan fingerprint density at radius 3 is 2.39 bits per heavy atom. The summed E-state index contributed by atoms with van der Waals surface area (Å²) in [4.78, 5) is 20.7. The molecule has 98 valence electrons. The van der Waals surface area contributed by atoms with Crippen molar-refractivity contribution in [3.05, 3.63) is 29.8 Å². The van der Waals surface area contributed by atoms with Crippen LogP contribution in [0.15, 0.2) is 24.3 Å². The van der Waals surface area contributed by atoms with Crippen LogP contribution in [0, 0.1) is 0 Å². The lowest BCUT2D eigenvalue weighted by Gasteiger charge is -2.14. The number of carbonyl (C=O) groups is 2. The van der Waals surface area contributed by atoms with Gasteiger partial charge in [0.25, 0.3) is 6.47 Å². The summed E-state index contributed by atoms with van der Waals surface area (Å²) in [6.07, 6.45) is 0.515. The SMILES string of the molecule is CC(C)(C)OC=O.O=C1Cc2ccccc2N1Br. The Bertz CT molecular complexity index is 440. The molecule has 1 amide bonds. The minimum atomic E-state index is -0.318. The normalized spacial score (nSPS) is 13.6. The highest BCUT2D eigenvalue weighted by Crippen LogP contribution is 2.30. The molecule has 0 bridgehead atoms. The fraction of sp³-hybridized carbons (Fsp3) is 0.385. The summed E-state index contributed by atoms with van der Waals surface area (Å²) < 4.78 is 6.06. The van der Waals surface area contributed by atoms with Crippen molar-refractivity contribution in [1.29, 1.82) is 0 Å². The molecule has 0 fully saturated rings. The van der Waals surface area contributed by atoms with Crippen LogP contribution in [-0.2, 0) is 20.7 Å². The van der Waals surface area contributed by atoms with Crippen molar-refractivity contribution < 1.29 is 14.3 Å². The Morgan fingerprint density at radius 2 is 1.94 bits per heavy atom. The summed E-state index contributed by atoms with van der Waals surface area (Å²) in [6, 6.07) is 7.76. The predicted molar refractivity (Wildman–Crippen MR) is 73.5 cm³/mol. The zero-order valence-electron chi connectivity index (χ0n) is 10.6. The quantitative estimate of drug-likeness (QED) is 0.591. The second kappa shape index (κ2) is 6.00. The van der Waals surface area contributed by atoms with Crippen LogP contribution in [0.5, 0.6) is 0 Å². The molecule has 0 saturated heterocycles. The van der Waals surface area contributed by atoms with Crippen molar-refractivity contribution >= 4 is 34.2 Å². The number of carbonyl (C=O) groups excluding carboxylic acids is 2. The van der Waals surface area contributed by atoms with Gasteiger partial charge in [0.1, 0.15) is 5.60 Å². The number of anilines is 1. The molecular weight excluding hydrogens is 298 g/mol. The third kappa shape index (κ3) is 4.14. The van der Waals surface area contributed by atoms with E-state index in [1.807, 2.05) is 45.0 Å². The lowest BCUT2D eigenvalue weighted by molar-refractivity contribution is -0.138. The lowest BCUT2D eigenvalue weighted by atomic mass is 10.2. The topological polar surface area (TPSA) is 46.6 Å². The van der Waals surface area contributed by atoms with Gasteiger partial charge < -0.3 is 4.74 Å². The standard InChI is InChI=1S/C8H6BrNO.C5H10O2/c9-10-7-4-2-1-3-6(7)5-8(10)11;1-5(2,3)7-4-6/h1-4H,5H2;4H,1-3H3. The van der Waals surface area contributed by atoms with E-state index in [0.717, 1.165) is 11.3 Å². The molecule has 1 heterocycles. The molecule has 0 unspecified atom stereocenters. The first-order valence-corrected chi connectivity index (χ1v) is 6.24. The molecule has 1 aliphatic rings. The van der Waals surface area contributed by atoms with E-state index >= 15 is 0 Å². The molecule has 1 aromatic rings. The highest BCUT2D eigenvalue weighted by atomic mass is 79.9. The summed E-state index contributed by atoms with van der Waals surface area (Å²) in [7, 11) is 0. The average Bonchev–Trinajstić information content (AvgIpc) is 2.55. The number of fused-ring (bicyclic) bond motifs is 1. The van der Waals surface area contributed by atoms with Crippen LogP contribution in [0.4, 0.5) is 5.69 Å². The number of hydrogen-bond acceptors (Lipinski definition) is 3. The maximum Gasteiger partial charge on any atom is 0.293 e. The molecule has 0 N–H and O–H groups in total. The number of hydrogen-bond donors (Lipinski definition) is 0. The minimum absolute atomic E-state index is 0.103. The van der Waals surface area contributed by atoms with E-state index in [1.165, 1.54) is 3.93 Å². The van der Waals surface area contributed by atoms with Crippen molar-refractivity contribution in [1.82, 2.24) is 0 Å². The molecule has 0 saturated carbocycles. The van der Waals surface area contributed by atoms with Gasteiger partial charge in [-0.05, 0) is 32.4 Å². The van der Waals surface area contributed by atoms with E-state index in [-0.39, 0.29) is 11.5 Å². The largest absolute Gasteiger partial charge is 0.462 e. The average molecular weight is 314 g/mol. The van der Waals surface area contributed by atoms with Crippen molar-refractivity contribution in [2.24, 2.45) is 0 Å². The predicted octanol–water partition coefficient (Wildman–Crippen LogP) is 2.84. The molecule has 5 heteroatoms. The summed E-state index contributed by atoms with van der Waals surface area (Å²) >= 11 is 3.19. The van der Waals surface area contributed by atoms with Crippen LogP contribution in [0.2, 0.25) is 0 Å². The van der Waals surface area contributed by atoms with Crippen molar-refractivity contribution in [2.75, 3.05) is 3.93 Å². The Morgan fingerprint density at radius 1 is 1.33 bits per heavy atom. The lowest BCUT2D eigenvalue weighted by Crippen LogP contribution is -2.17. The highest BCUT2D eigenvalue weighted by Gasteiger charge is 2.24. The number of para-hydroxylation sites is 1. The molecular formula is C13H16BrNO3. The molecule has 1 aromatic carbocycles. The molecule has 4 nitrogen and oxygen atoms in total. The molecule has 0 aromatic heterocycles. The van der Waals surface area contributed by atoms with Crippen LogP contribution in [0.3, 0.4) is 0 Å². The van der Waals surface area contributed by atoms with Gasteiger partial charge in [0.15, 0.2) is 0 Å². The Kier molecular flexibility index (Phi) is 4.90. The smallest absolute Gasteiger partial charge is 0.293 e. The van der Waals surface area contributed by atoms with Gasteiger partial charge in [0.2, 0.25) is 5.91 Å². The molecule has 0 aliphatic carbocycles. The fourth-order valence-electron chi connectivity index (χ4n) is 1.36. The van der Waals surface area contributed by atoms with E-state index in [0.29, 0.717) is 12.9 Å². The molecule has 1 aliphatic heterocycles. The maximum absolute atomic E-state index is 11.1. The van der Waals surface area contributed by atoms with Gasteiger partial charge in [0.05, 0.1) is 28.3 Å². The third-order valence-electron chi connectivity index (χ3n) is 2.17. The number of amides is 1. The van der Waals surface area contributed by atoms with Crippen molar-refractivity contribution in [3.63, 3.8) is 0 Å². The first-order chi connectivity index (χ1) is 8.35. The van der Waals surface area contributed by atoms with E-state index in [4.69, 9.17) is 0 Å². The zero-order valence-corrected chi connectivity index (χ0v) is 12.2. The van der Waals surface area contributed by atoms with Crippen LogP contribution in [0.25, 0.3) is 0 Å². The van der Waals surface area contributed by atoms with Crippen molar-refractivity contribution in [3.8, 4) is 0 Å². The number of benzene rings is 1. The van der Waals surface area contributed by atoms with E-state index in [1.54, 1.807) is 0 Å². The Balaban J connectivity index is 0.000000203. The highest BCUT2D eigenvalue weighted by molar-refractivity contribution is 9.10. The Labute approximate surface area is 115 Å². The second-order valence-corrected chi connectivity index (χ2v) is 5.52. The molecule has 0 atom stereocenters. The first-order valence-electron chi connectivity index (χ1n) is 5.53. The summed E-state index contributed by atoms with van der Waals surface area (Å²) in [5, 5.41) is 0. The molecule has 0 radical (unpaired) electrons. The fourth-order valence-corrected chi connectivity index (χ4v) is 1.83. The van der Waals surface area contributed by atoms with Gasteiger partial charge >= 0.3 is 0 Å². The second-order valence-electron chi connectivity index (χ2n) is 4.81. The maximum atomic E-state index is 11.1. The van der Waals surface area contributed by atoms with Crippen LogP contribution < -0.4 is 3.93 Å². The number of halogens is 1. The third-order valence-corrected chi connectivity index (χ3v) is 2.94. The first kappa shape index (κ1) is 14.7. The molecule has 2 rings (SSSR count). The number of nitrogens with zero attached hydrogens (tertiary/aromatic N) is 1. The van der Waals surface area contributed by atoms with Gasteiger partial charge in [-0.2, -0.15) is 0 Å². The van der Waals surface area contributed by atoms with Gasteiger partial charge in [-0.15, -0.1) is 0 Å². The monoisotopic (exact) mass is 313 g/mol. The summed E-state index contributed by atoms with van der Waals surface area (Å²) in [6.45, 7) is 5.92. The van der Waals surface area contributed by atoms with Crippen LogP contribution in [0.1, 0.15) is 26.3 Å². The number of ether oxygens (including phenoxy) is 1. The summed E-state index contributed by atoms with van der Waals surface area (Å²) in [5.74, 6) is 0.103. The minimum Gasteiger partial charge on any atom is -0.462 e. The van der Waals surface area contributed by atoms with Gasteiger partial charge in [-0.1, -0.05) is 18.2 Å². The molecule has 18 heavy (non-hydrogen) atoms. The van der Waals surface area contributed by atoms with Crippen LogP contribution >= 0.6 is 16.1 Å². The summed E-state index contributed by atoms with van der Waals surface area (Å²) in [5.41, 5.74) is 1.74. The number of rotatable bonds is 1. The molecule has 0 spiro atoms. The van der Waals surface area contributed by atoms with E-state index < -0.39 is 0 Å². The van der Waals surface area contributed by atoms with E-state index in [2.05, 4.69) is 20.9 Å². The van der Waals surface area contributed by atoms with Gasteiger partial charge in [-0.3, -0.25) is 9.59 Å². The van der Waals surface area contributed by atoms with Gasteiger partial charge in [0, 0.05) is 0 Å². The van der Waals surface area contributed by atoms with Gasteiger partial charge in [-0.25, -0.2) is 3.93 Å². The zero-order chi connectivity index (χ0) is 13.8. The van der Waals surface area contributed by atoms with Crippen LogP contribution in [-0.4, -0.2) is 18.0 Å². The van der Waals surface area contributed by atoms with E-state index in [9.17, 15) is 9.59 Å². The Hall–Kier alpha value is -1.36. The van der Waals surface area contributed by atoms with Crippen molar-refractivity contribution in [2.45, 2.75) is 32.8 Å².